The zero-order valence-electron chi connectivity index (χ0n) is 14.5. The highest BCUT2D eigenvalue weighted by atomic mass is 16.2. The van der Waals surface area contributed by atoms with Gasteiger partial charge in [0.15, 0.2) is 0 Å². The van der Waals surface area contributed by atoms with Crippen molar-refractivity contribution in [2.75, 3.05) is 13.6 Å². The van der Waals surface area contributed by atoms with Crippen LogP contribution >= 0.6 is 0 Å². The first-order chi connectivity index (χ1) is 12.2. The van der Waals surface area contributed by atoms with Crippen molar-refractivity contribution in [2.45, 2.75) is 25.9 Å². The number of nitrogens with one attached hydrogen (secondary N) is 1. The van der Waals surface area contributed by atoms with Gasteiger partial charge in [-0.25, -0.2) is 9.97 Å². The van der Waals surface area contributed by atoms with Crippen molar-refractivity contribution in [1.82, 2.24) is 29.6 Å². The van der Waals surface area contributed by atoms with Crippen LogP contribution in [0.4, 0.5) is 0 Å². The fraction of sp³-hybridized carbons (Fsp3) is 0.333. The number of carbonyl (C=O) groups excluding carboxylic acids is 1. The Morgan fingerprint density at radius 3 is 2.96 bits per heavy atom. The van der Waals surface area contributed by atoms with Crippen LogP contribution in [0.5, 0.6) is 0 Å². The number of hydrogen-bond donors (Lipinski definition) is 1. The lowest BCUT2D eigenvalue weighted by atomic mass is 10.1. The van der Waals surface area contributed by atoms with Crippen molar-refractivity contribution in [3.63, 3.8) is 0 Å². The lowest BCUT2D eigenvalue weighted by Crippen LogP contribution is -2.37. The molecule has 3 aromatic heterocycles. The number of fused-ring (bicyclic) bond motifs is 1. The Hall–Kier alpha value is -2.80. The Bertz CT molecular complexity index is 799. The smallest absolute Gasteiger partial charge is 0.234 e. The molecule has 0 aliphatic carbocycles. The highest BCUT2D eigenvalue weighted by molar-refractivity contribution is 5.78. The highest BCUT2D eigenvalue weighted by Gasteiger charge is 2.17. The number of carbonyl (C=O) groups is 1. The van der Waals surface area contributed by atoms with Gasteiger partial charge in [-0.05, 0) is 31.2 Å². The minimum Gasteiger partial charge on any atom is -0.347 e. The molecule has 0 aliphatic rings. The minimum absolute atomic E-state index is 0.0248. The Balaban J connectivity index is 1.60. The molecule has 130 valence electrons. The minimum atomic E-state index is -0.124. The Labute approximate surface area is 146 Å². The number of amides is 1. The van der Waals surface area contributed by atoms with Gasteiger partial charge in [-0.15, -0.1) is 0 Å². The van der Waals surface area contributed by atoms with Crippen LogP contribution in [0.15, 0.2) is 49.2 Å². The summed E-state index contributed by atoms with van der Waals surface area (Å²) in [6, 6.07) is 5.63. The molecule has 1 unspecified atom stereocenters. The average molecular weight is 338 g/mol. The van der Waals surface area contributed by atoms with Gasteiger partial charge in [-0.1, -0.05) is 13.0 Å². The SMILES string of the molecule is CCC(NC(=O)CN(C)Cc1cccnc1)c1cn2cccnc2n1. The van der Waals surface area contributed by atoms with E-state index >= 15 is 0 Å². The molecule has 0 spiro atoms. The van der Waals surface area contributed by atoms with Crippen LogP contribution in [-0.4, -0.2) is 43.8 Å². The number of imidazole rings is 1. The Kier molecular flexibility index (Phi) is 5.35. The van der Waals surface area contributed by atoms with Crippen molar-refractivity contribution in [3.8, 4) is 0 Å². The van der Waals surface area contributed by atoms with Crippen LogP contribution in [-0.2, 0) is 11.3 Å². The van der Waals surface area contributed by atoms with E-state index in [1.807, 2.05) is 60.1 Å². The Morgan fingerprint density at radius 2 is 2.24 bits per heavy atom. The third kappa shape index (κ3) is 4.39. The Morgan fingerprint density at radius 1 is 1.36 bits per heavy atom. The van der Waals surface area contributed by atoms with E-state index in [2.05, 4.69) is 20.3 Å². The van der Waals surface area contributed by atoms with Crippen LogP contribution in [0.1, 0.15) is 30.6 Å². The van der Waals surface area contributed by atoms with E-state index in [0.29, 0.717) is 18.9 Å². The number of hydrogen-bond acceptors (Lipinski definition) is 5. The van der Waals surface area contributed by atoms with Gasteiger partial charge in [0.25, 0.3) is 0 Å². The molecule has 1 atom stereocenters. The summed E-state index contributed by atoms with van der Waals surface area (Å²) < 4.78 is 1.86. The number of nitrogens with zero attached hydrogens (tertiary/aromatic N) is 5. The summed E-state index contributed by atoms with van der Waals surface area (Å²) in [5.74, 6) is 0.613. The van der Waals surface area contributed by atoms with Gasteiger partial charge in [0.1, 0.15) is 0 Å². The second kappa shape index (κ2) is 7.85. The predicted molar refractivity (Wildman–Crippen MR) is 94.7 cm³/mol. The van der Waals surface area contributed by atoms with Gasteiger partial charge in [-0.3, -0.25) is 19.1 Å². The van der Waals surface area contributed by atoms with Crippen LogP contribution in [0, 0.1) is 0 Å². The lowest BCUT2D eigenvalue weighted by Gasteiger charge is -2.19. The quantitative estimate of drug-likeness (QED) is 0.711. The van der Waals surface area contributed by atoms with Crippen molar-refractivity contribution in [3.05, 3.63) is 60.4 Å². The average Bonchev–Trinajstić information content (AvgIpc) is 3.04. The maximum absolute atomic E-state index is 12.4. The third-order valence-corrected chi connectivity index (χ3v) is 3.94. The van der Waals surface area contributed by atoms with E-state index in [-0.39, 0.29) is 11.9 Å². The third-order valence-electron chi connectivity index (χ3n) is 3.94. The first-order valence-corrected chi connectivity index (χ1v) is 8.32. The summed E-state index contributed by atoms with van der Waals surface area (Å²) in [5, 5.41) is 3.06. The molecule has 3 heterocycles. The number of aromatic nitrogens is 4. The zero-order chi connectivity index (χ0) is 17.6. The summed E-state index contributed by atoms with van der Waals surface area (Å²) in [5.41, 5.74) is 1.90. The molecule has 0 radical (unpaired) electrons. The molecule has 0 saturated carbocycles. The second-order valence-electron chi connectivity index (χ2n) is 6.05. The fourth-order valence-corrected chi connectivity index (χ4v) is 2.75. The summed E-state index contributed by atoms with van der Waals surface area (Å²) in [6.45, 7) is 3.02. The second-order valence-corrected chi connectivity index (χ2v) is 6.05. The fourth-order valence-electron chi connectivity index (χ4n) is 2.75. The summed E-state index contributed by atoms with van der Waals surface area (Å²) in [7, 11) is 1.92. The van der Waals surface area contributed by atoms with Gasteiger partial charge in [-0.2, -0.15) is 0 Å². The van der Waals surface area contributed by atoms with Crippen LogP contribution in [0.2, 0.25) is 0 Å². The summed E-state index contributed by atoms with van der Waals surface area (Å²) >= 11 is 0. The first kappa shape index (κ1) is 17.0. The van der Waals surface area contributed by atoms with E-state index in [4.69, 9.17) is 0 Å². The molecule has 3 rings (SSSR count). The van der Waals surface area contributed by atoms with E-state index in [1.54, 1.807) is 12.4 Å². The molecular weight excluding hydrogens is 316 g/mol. The molecule has 0 fully saturated rings. The number of likely N-dealkylation sites (N-methyl/N-ethyl adjacent to an activating group) is 1. The van der Waals surface area contributed by atoms with Gasteiger partial charge in [0.05, 0.1) is 18.3 Å². The molecular formula is C18H22N6O. The van der Waals surface area contributed by atoms with Crippen molar-refractivity contribution in [2.24, 2.45) is 0 Å². The molecule has 0 bridgehead atoms. The molecule has 7 nitrogen and oxygen atoms in total. The molecule has 0 aliphatic heterocycles. The first-order valence-electron chi connectivity index (χ1n) is 8.32. The van der Waals surface area contributed by atoms with E-state index in [0.717, 1.165) is 17.7 Å². The van der Waals surface area contributed by atoms with Gasteiger partial charge in [0, 0.05) is 37.5 Å². The molecule has 0 aromatic carbocycles. The molecule has 7 heteroatoms. The number of rotatable bonds is 7. The highest BCUT2D eigenvalue weighted by Crippen LogP contribution is 2.15. The lowest BCUT2D eigenvalue weighted by molar-refractivity contribution is -0.122. The monoisotopic (exact) mass is 338 g/mol. The molecule has 0 saturated heterocycles. The van der Waals surface area contributed by atoms with Gasteiger partial charge >= 0.3 is 0 Å². The van der Waals surface area contributed by atoms with Crippen LogP contribution in [0.25, 0.3) is 5.78 Å². The van der Waals surface area contributed by atoms with Crippen LogP contribution in [0.3, 0.4) is 0 Å². The van der Waals surface area contributed by atoms with Crippen molar-refractivity contribution < 1.29 is 4.79 Å². The van der Waals surface area contributed by atoms with E-state index in [1.165, 1.54) is 0 Å². The molecule has 3 aromatic rings. The standard InChI is InChI=1S/C18H22N6O/c1-3-15(16-12-24-9-5-8-20-18(24)22-16)21-17(25)13-23(2)11-14-6-4-7-19-10-14/h4-10,12,15H,3,11,13H2,1-2H3,(H,21,25). The van der Waals surface area contributed by atoms with Gasteiger partial charge < -0.3 is 5.32 Å². The molecule has 1 N–H and O–H groups in total. The van der Waals surface area contributed by atoms with Crippen molar-refractivity contribution in [1.29, 1.82) is 0 Å². The molecule has 1 amide bonds. The molecule has 25 heavy (non-hydrogen) atoms. The zero-order valence-corrected chi connectivity index (χ0v) is 14.5. The number of pyridine rings is 1. The van der Waals surface area contributed by atoms with Crippen LogP contribution < -0.4 is 5.32 Å². The van der Waals surface area contributed by atoms with E-state index < -0.39 is 0 Å². The summed E-state index contributed by atoms with van der Waals surface area (Å²) in [4.78, 5) is 27.2. The van der Waals surface area contributed by atoms with Crippen molar-refractivity contribution >= 4 is 11.7 Å². The van der Waals surface area contributed by atoms with Gasteiger partial charge in [0.2, 0.25) is 11.7 Å². The predicted octanol–water partition coefficient (Wildman–Crippen LogP) is 1.82. The summed E-state index contributed by atoms with van der Waals surface area (Å²) in [6.07, 6.45) is 9.84. The topological polar surface area (TPSA) is 75.4 Å². The maximum atomic E-state index is 12.4. The maximum Gasteiger partial charge on any atom is 0.234 e. The van der Waals surface area contributed by atoms with E-state index in [9.17, 15) is 4.79 Å². The largest absolute Gasteiger partial charge is 0.347 e. The normalized spacial score (nSPS) is 12.4.